The number of carbonyl (C=O) groups excluding carboxylic acids is 1. The molecule has 0 bridgehead atoms. The molecule has 0 saturated carbocycles. The number of rotatable bonds is 12. The van der Waals surface area contributed by atoms with E-state index in [2.05, 4.69) is 24.5 Å². The molecule has 28 heavy (non-hydrogen) atoms. The van der Waals surface area contributed by atoms with Crippen LogP contribution in [0.25, 0.3) is 0 Å². The van der Waals surface area contributed by atoms with Crippen LogP contribution in [0.3, 0.4) is 0 Å². The largest absolute Gasteiger partial charge is 0.322 e. The topological polar surface area (TPSA) is 41.1 Å². The molecular weight excluding hydrogens is 344 g/mol. The summed E-state index contributed by atoms with van der Waals surface area (Å²) in [5.74, 6) is -0.0817. The smallest absolute Gasteiger partial charge is 0.255 e. The summed E-state index contributed by atoms with van der Waals surface area (Å²) in [7, 11) is 0. The fourth-order valence-electron chi connectivity index (χ4n) is 2.79. The maximum atomic E-state index is 11.7. The maximum Gasteiger partial charge on any atom is 0.255 e. The molecule has 3 nitrogen and oxygen atoms in total. The van der Waals surface area contributed by atoms with Gasteiger partial charge in [-0.05, 0) is 50.2 Å². The molecular formula is C25H38N2O. The molecule has 2 N–H and O–H groups in total. The van der Waals surface area contributed by atoms with Crippen molar-refractivity contribution in [1.29, 1.82) is 0 Å². The van der Waals surface area contributed by atoms with Gasteiger partial charge >= 0.3 is 0 Å². The van der Waals surface area contributed by atoms with Crippen molar-refractivity contribution in [2.45, 2.75) is 65.2 Å². The average Bonchev–Trinajstić information content (AvgIpc) is 2.74. The van der Waals surface area contributed by atoms with Gasteiger partial charge in [0, 0.05) is 11.3 Å². The Morgan fingerprint density at radius 3 is 1.68 bits per heavy atom. The molecule has 0 saturated heterocycles. The normalized spacial score (nSPS) is 10.1. The van der Waals surface area contributed by atoms with Crippen LogP contribution in [-0.2, 0) is 0 Å². The van der Waals surface area contributed by atoms with Crippen LogP contribution in [0.2, 0.25) is 0 Å². The Labute approximate surface area is 171 Å². The minimum Gasteiger partial charge on any atom is -0.322 e. The fourth-order valence-corrected chi connectivity index (χ4v) is 2.79. The molecule has 0 fully saturated rings. The van der Waals surface area contributed by atoms with E-state index < -0.39 is 0 Å². The molecule has 0 aromatic heterocycles. The zero-order chi connectivity index (χ0) is 20.3. The van der Waals surface area contributed by atoms with Crippen molar-refractivity contribution >= 4 is 11.6 Å². The highest BCUT2D eigenvalue weighted by molar-refractivity contribution is 6.04. The third kappa shape index (κ3) is 12.3. The Bertz CT molecular complexity index is 588. The molecule has 0 aliphatic rings. The van der Waals surface area contributed by atoms with Gasteiger partial charge in [-0.15, -0.1) is 0 Å². The summed E-state index contributed by atoms with van der Waals surface area (Å²) < 4.78 is 0. The van der Waals surface area contributed by atoms with Crippen LogP contribution in [0.4, 0.5) is 5.69 Å². The van der Waals surface area contributed by atoms with E-state index in [1.54, 1.807) is 12.1 Å². The highest BCUT2D eigenvalue weighted by Crippen LogP contribution is 2.08. The number of hydrogen-bond donors (Lipinski definition) is 2. The molecule has 0 radical (unpaired) electrons. The molecule has 0 atom stereocenters. The van der Waals surface area contributed by atoms with Crippen molar-refractivity contribution in [1.82, 2.24) is 5.32 Å². The van der Waals surface area contributed by atoms with E-state index in [9.17, 15) is 4.79 Å². The van der Waals surface area contributed by atoms with Crippen molar-refractivity contribution in [2.75, 3.05) is 18.4 Å². The average molecular weight is 383 g/mol. The first-order valence-corrected chi connectivity index (χ1v) is 10.9. The molecule has 0 aliphatic carbocycles. The van der Waals surface area contributed by atoms with E-state index in [4.69, 9.17) is 0 Å². The summed E-state index contributed by atoms with van der Waals surface area (Å²) in [4.78, 5) is 11.7. The second-order valence-corrected chi connectivity index (χ2v) is 7.06. The second-order valence-electron chi connectivity index (χ2n) is 7.06. The molecule has 0 aliphatic heterocycles. The SMILES string of the molecule is CCCCCCNCCCCCC.O=C(Nc1ccccc1)c1ccccc1. The van der Waals surface area contributed by atoms with E-state index in [0.717, 1.165) is 5.69 Å². The van der Waals surface area contributed by atoms with Crippen molar-refractivity contribution < 1.29 is 4.79 Å². The van der Waals surface area contributed by atoms with Crippen molar-refractivity contribution in [2.24, 2.45) is 0 Å². The summed E-state index contributed by atoms with van der Waals surface area (Å²) in [5, 5.41) is 6.32. The summed E-state index contributed by atoms with van der Waals surface area (Å²) in [5.41, 5.74) is 1.48. The second kappa shape index (κ2) is 17.0. The Balaban J connectivity index is 0.000000284. The number of benzene rings is 2. The number of para-hydroxylation sites is 1. The minimum absolute atomic E-state index is 0.0817. The Hall–Kier alpha value is -2.13. The lowest BCUT2D eigenvalue weighted by molar-refractivity contribution is 0.102. The van der Waals surface area contributed by atoms with Gasteiger partial charge in [-0.25, -0.2) is 0 Å². The number of unbranched alkanes of at least 4 members (excludes halogenated alkanes) is 6. The summed E-state index contributed by atoms with van der Waals surface area (Å²) in [6.07, 6.45) is 11.0. The van der Waals surface area contributed by atoms with Gasteiger partial charge in [0.15, 0.2) is 0 Å². The molecule has 2 aromatic carbocycles. The monoisotopic (exact) mass is 382 g/mol. The maximum absolute atomic E-state index is 11.7. The van der Waals surface area contributed by atoms with Gasteiger partial charge in [-0.2, -0.15) is 0 Å². The zero-order valence-corrected chi connectivity index (χ0v) is 17.8. The summed E-state index contributed by atoms with van der Waals surface area (Å²) >= 11 is 0. The summed E-state index contributed by atoms with van der Waals surface area (Å²) in [6, 6.07) is 18.6. The first-order chi connectivity index (χ1) is 13.8. The first kappa shape index (κ1) is 23.9. The lowest BCUT2D eigenvalue weighted by Gasteiger charge is -2.03. The van der Waals surface area contributed by atoms with Crippen LogP contribution in [0, 0.1) is 0 Å². The minimum atomic E-state index is -0.0817. The lowest BCUT2D eigenvalue weighted by atomic mass is 10.2. The van der Waals surface area contributed by atoms with E-state index in [1.807, 2.05) is 48.5 Å². The van der Waals surface area contributed by atoms with Gasteiger partial charge in [0.25, 0.3) is 5.91 Å². The van der Waals surface area contributed by atoms with Crippen LogP contribution in [0.15, 0.2) is 60.7 Å². The van der Waals surface area contributed by atoms with E-state index in [-0.39, 0.29) is 5.91 Å². The zero-order valence-electron chi connectivity index (χ0n) is 17.8. The predicted molar refractivity (Wildman–Crippen MR) is 122 cm³/mol. The van der Waals surface area contributed by atoms with Gasteiger partial charge in [0.2, 0.25) is 0 Å². The van der Waals surface area contributed by atoms with E-state index in [1.165, 1.54) is 64.5 Å². The highest BCUT2D eigenvalue weighted by atomic mass is 16.1. The van der Waals surface area contributed by atoms with E-state index >= 15 is 0 Å². The predicted octanol–water partition coefficient (Wildman–Crippen LogP) is 6.68. The van der Waals surface area contributed by atoms with Crippen LogP contribution in [0.1, 0.15) is 75.6 Å². The molecule has 0 heterocycles. The van der Waals surface area contributed by atoms with Gasteiger partial charge in [-0.3, -0.25) is 4.79 Å². The van der Waals surface area contributed by atoms with E-state index in [0.29, 0.717) is 5.56 Å². The number of anilines is 1. The number of hydrogen-bond acceptors (Lipinski definition) is 2. The number of nitrogens with one attached hydrogen (secondary N) is 2. The number of carbonyl (C=O) groups is 1. The van der Waals surface area contributed by atoms with Gasteiger partial charge in [0.1, 0.15) is 0 Å². The summed E-state index contributed by atoms with van der Waals surface area (Å²) in [6.45, 7) is 6.98. The first-order valence-electron chi connectivity index (χ1n) is 10.9. The highest BCUT2D eigenvalue weighted by Gasteiger charge is 2.03. The van der Waals surface area contributed by atoms with Gasteiger partial charge in [0.05, 0.1) is 0 Å². The molecule has 2 rings (SSSR count). The third-order valence-electron chi connectivity index (χ3n) is 4.48. The fraction of sp³-hybridized carbons (Fsp3) is 0.480. The molecule has 154 valence electrons. The van der Waals surface area contributed by atoms with Crippen LogP contribution in [-0.4, -0.2) is 19.0 Å². The molecule has 0 spiro atoms. The molecule has 3 heteroatoms. The lowest BCUT2D eigenvalue weighted by Crippen LogP contribution is -2.16. The van der Waals surface area contributed by atoms with Gasteiger partial charge < -0.3 is 10.6 Å². The van der Waals surface area contributed by atoms with Crippen molar-refractivity contribution in [3.8, 4) is 0 Å². The van der Waals surface area contributed by atoms with Crippen LogP contribution >= 0.6 is 0 Å². The van der Waals surface area contributed by atoms with Gasteiger partial charge in [-0.1, -0.05) is 88.8 Å². The quantitative estimate of drug-likeness (QED) is 0.402. The molecule has 0 unspecified atom stereocenters. The van der Waals surface area contributed by atoms with Crippen molar-refractivity contribution in [3.05, 3.63) is 66.2 Å². The standard InChI is InChI=1S/C13H11NO.C12H27N/c15-13(11-7-3-1-4-8-11)14-12-9-5-2-6-10-12;1-3-5-7-9-11-13-12-10-8-6-4-2/h1-10H,(H,14,15);13H,3-12H2,1-2H3. The van der Waals surface area contributed by atoms with Crippen LogP contribution < -0.4 is 10.6 Å². The Morgan fingerprint density at radius 1 is 0.679 bits per heavy atom. The van der Waals surface area contributed by atoms with Crippen molar-refractivity contribution in [3.63, 3.8) is 0 Å². The molecule has 2 aromatic rings. The Kier molecular flexibility index (Phi) is 14.5. The molecule has 1 amide bonds. The number of amides is 1. The third-order valence-corrected chi connectivity index (χ3v) is 4.48. The van der Waals surface area contributed by atoms with Crippen LogP contribution in [0.5, 0.6) is 0 Å². The Morgan fingerprint density at radius 2 is 1.18 bits per heavy atom.